The van der Waals surface area contributed by atoms with Crippen LogP contribution in [-0.4, -0.2) is 41.7 Å². The molecule has 1 amide bonds. The molecule has 0 radical (unpaired) electrons. The van der Waals surface area contributed by atoms with Crippen LogP contribution in [0, 0.1) is 5.41 Å². The molecule has 7 heteroatoms. The minimum atomic E-state index is -0.0653. The van der Waals surface area contributed by atoms with Gasteiger partial charge in [0.2, 0.25) is 17.6 Å². The summed E-state index contributed by atoms with van der Waals surface area (Å²) in [5, 5.41) is 4.02. The van der Waals surface area contributed by atoms with Crippen LogP contribution >= 0.6 is 0 Å². The first-order valence-corrected chi connectivity index (χ1v) is 8.60. The number of hydrogen-bond donors (Lipinski definition) is 0. The van der Waals surface area contributed by atoms with Crippen LogP contribution in [-0.2, 0) is 11.3 Å². The number of ether oxygens (including phenoxy) is 2. The fourth-order valence-electron chi connectivity index (χ4n) is 2.52. The van der Waals surface area contributed by atoms with E-state index in [1.165, 1.54) is 0 Å². The molecule has 1 aromatic heterocycles. The zero-order valence-corrected chi connectivity index (χ0v) is 16.3. The van der Waals surface area contributed by atoms with Crippen LogP contribution in [0.5, 0.6) is 11.5 Å². The van der Waals surface area contributed by atoms with E-state index in [2.05, 4.69) is 10.1 Å². The van der Waals surface area contributed by atoms with Crippen LogP contribution in [0.25, 0.3) is 11.4 Å². The molecule has 0 bridgehead atoms. The van der Waals surface area contributed by atoms with Crippen LogP contribution in [0.1, 0.15) is 40.0 Å². The van der Waals surface area contributed by atoms with Crippen molar-refractivity contribution in [3.63, 3.8) is 0 Å². The van der Waals surface area contributed by atoms with Crippen molar-refractivity contribution < 1.29 is 18.8 Å². The Bertz CT molecular complexity index is 749. The molecule has 142 valence electrons. The van der Waals surface area contributed by atoms with Crippen LogP contribution in [0.15, 0.2) is 22.7 Å². The maximum atomic E-state index is 12.4. The molecule has 0 spiro atoms. The van der Waals surface area contributed by atoms with Crippen molar-refractivity contribution >= 4 is 5.91 Å². The topological polar surface area (TPSA) is 77.7 Å². The van der Waals surface area contributed by atoms with Gasteiger partial charge in [-0.2, -0.15) is 4.98 Å². The molecule has 0 saturated heterocycles. The average Bonchev–Trinajstić information content (AvgIpc) is 3.06. The number of hydrogen-bond acceptors (Lipinski definition) is 6. The summed E-state index contributed by atoms with van der Waals surface area (Å²) in [6, 6.07) is 5.41. The highest BCUT2D eigenvalue weighted by Gasteiger charge is 2.22. The summed E-state index contributed by atoms with van der Waals surface area (Å²) < 4.78 is 15.9. The third-order valence-electron chi connectivity index (χ3n) is 3.85. The van der Waals surface area contributed by atoms with Crippen molar-refractivity contribution in [2.45, 2.75) is 40.7 Å². The largest absolute Gasteiger partial charge is 0.493 e. The summed E-state index contributed by atoms with van der Waals surface area (Å²) in [6.07, 6.45) is 0.470. The van der Waals surface area contributed by atoms with Crippen molar-refractivity contribution in [1.29, 1.82) is 0 Å². The lowest BCUT2D eigenvalue weighted by atomic mass is 9.91. The number of rotatable bonds is 7. The van der Waals surface area contributed by atoms with Gasteiger partial charge in [-0.05, 0) is 30.5 Å². The maximum absolute atomic E-state index is 12.4. The normalized spacial score (nSPS) is 11.3. The minimum absolute atomic E-state index is 0.0653. The van der Waals surface area contributed by atoms with Gasteiger partial charge in [0.15, 0.2) is 11.5 Å². The molecule has 0 aliphatic rings. The zero-order chi connectivity index (χ0) is 19.3. The van der Waals surface area contributed by atoms with E-state index in [9.17, 15) is 4.79 Å². The second kappa shape index (κ2) is 8.21. The van der Waals surface area contributed by atoms with Gasteiger partial charge in [0.25, 0.3) is 0 Å². The van der Waals surface area contributed by atoms with Crippen molar-refractivity contribution in [3.05, 3.63) is 24.1 Å². The van der Waals surface area contributed by atoms with Gasteiger partial charge in [0.05, 0.1) is 20.8 Å². The van der Waals surface area contributed by atoms with E-state index in [-0.39, 0.29) is 11.3 Å². The highest BCUT2D eigenvalue weighted by molar-refractivity contribution is 5.76. The van der Waals surface area contributed by atoms with Crippen molar-refractivity contribution in [3.8, 4) is 22.9 Å². The summed E-state index contributed by atoms with van der Waals surface area (Å²) in [4.78, 5) is 18.6. The van der Waals surface area contributed by atoms with E-state index in [0.29, 0.717) is 42.7 Å². The number of aromatic nitrogens is 2. The van der Waals surface area contributed by atoms with Gasteiger partial charge >= 0.3 is 0 Å². The Morgan fingerprint density at radius 1 is 1.19 bits per heavy atom. The first-order chi connectivity index (χ1) is 12.3. The number of carbonyl (C=O) groups is 1. The monoisotopic (exact) mass is 361 g/mol. The van der Waals surface area contributed by atoms with Crippen molar-refractivity contribution in [1.82, 2.24) is 15.0 Å². The standard InChI is InChI=1S/C19H27N3O4/c1-7-22(17(23)11-19(2,3)4)12-16-20-18(21-26-16)13-8-9-14(24-5)15(10-13)25-6/h8-10H,7,11-12H2,1-6H3. The first-order valence-electron chi connectivity index (χ1n) is 8.60. The van der Waals surface area contributed by atoms with Crippen LogP contribution in [0.4, 0.5) is 0 Å². The predicted octanol–water partition coefficient (Wildman–Crippen LogP) is 3.54. The Labute approximate surface area is 154 Å². The van der Waals surface area contributed by atoms with E-state index in [1.807, 2.05) is 33.8 Å². The number of carbonyl (C=O) groups excluding carboxylic acids is 1. The van der Waals surface area contributed by atoms with E-state index >= 15 is 0 Å². The molecule has 1 aromatic carbocycles. The van der Waals surface area contributed by atoms with E-state index < -0.39 is 0 Å². The van der Waals surface area contributed by atoms with Crippen LogP contribution in [0.3, 0.4) is 0 Å². The zero-order valence-electron chi connectivity index (χ0n) is 16.3. The summed E-state index contributed by atoms with van der Waals surface area (Å²) in [5.41, 5.74) is 0.686. The van der Waals surface area contributed by atoms with Gasteiger partial charge in [0, 0.05) is 18.5 Å². The van der Waals surface area contributed by atoms with Gasteiger partial charge in [-0.3, -0.25) is 4.79 Å². The van der Waals surface area contributed by atoms with Crippen molar-refractivity contribution in [2.24, 2.45) is 5.41 Å². The summed E-state index contributed by atoms with van der Waals surface area (Å²) in [7, 11) is 3.15. The Hall–Kier alpha value is -2.57. The second-order valence-corrected chi connectivity index (χ2v) is 7.23. The van der Waals surface area contributed by atoms with Crippen LogP contribution < -0.4 is 9.47 Å². The van der Waals surface area contributed by atoms with Gasteiger partial charge in [-0.15, -0.1) is 0 Å². The number of methoxy groups -OCH3 is 2. The molecule has 0 N–H and O–H groups in total. The lowest BCUT2D eigenvalue weighted by molar-refractivity contribution is -0.133. The Kier molecular flexibility index (Phi) is 6.23. The predicted molar refractivity (Wildman–Crippen MR) is 98.0 cm³/mol. The van der Waals surface area contributed by atoms with Crippen LogP contribution in [0.2, 0.25) is 0 Å². The first kappa shape index (κ1) is 19.8. The van der Waals surface area contributed by atoms with E-state index in [1.54, 1.807) is 31.3 Å². The molecule has 0 aliphatic carbocycles. The molecule has 0 saturated carbocycles. The fraction of sp³-hybridized carbons (Fsp3) is 0.526. The molecule has 7 nitrogen and oxygen atoms in total. The SMILES string of the molecule is CCN(Cc1nc(-c2ccc(OC)c(OC)c2)no1)C(=O)CC(C)(C)C. The molecule has 2 rings (SSSR count). The average molecular weight is 361 g/mol. The third-order valence-corrected chi connectivity index (χ3v) is 3.85. The number of amides is 1. The lowest BCUT2D eigenvalue weighted by Gasteiger charge is -2.24. The highest BCUT2D eigenvalue weighted by Crippen LogP contribution is 2.31. The van der Waals surface area contributed by atoms with E-state index in [4.69, 9.17) is 14.0 Å². The fourth-order valence-corrected chi connectivity index (χ4v) is 2.52. The third kappa shape index (κ3) is 4.97. The smallest absolute Gasteiger partial charge is 0.246 e. The number of benzene rings is 1. The maximum Gasteiger partial charge on any atom is 0.246 e. The Balaban J connectivity index is 2.15. The van der Waals surface area contributed by atoms with E-state index in [0.717, 1.165) is 5.56 Å². The molecule has 1 heterocycles. The molecule has 0 fully saturated rings. The summed E-state index contributed by atoms with van der Waals surface area (Å²) >= 11 is 0. The second-order valence-electron chi connectivity index (χ2n) is 7.23. The highest BCUT2D eigenvalue weighted by atomic mass is 16.5. The minimum Gasteiger partial charge on any atom is -0.493 e. The quantitative estimate of drug-likeness (QED) is 0.751. The summed E-state index contributed by atoms with van der Waals surface area (Å²) in [6.45, 7) is 8.95. The Morgan fingerprint density at radius 2 is 1.88 bits per heavy atom. The summed E-state index contributed by atoms with van der Waals surface area (Å²) in [5.74, 6) is 2.14. The molecule has 0 atom stereocenters. The molecule has 0 unspecified atom stereocenters. The molecule has 2 aromatic rings. The molecule has 0 aliphatic heterocycles. The van der Waals surface area contributed by atoms with Gasteiger partial charge in [0.1, 0.15) is 0 Å². The van der Waals surface area contributed by atoms with Gasteiger partial charge in [-0.1, -0.05) is 25.9 Å². The Morgan fingerprint density at radius 3 is 2.46 bits per heavy atom. The molecular formula is C19H27N3O4. The van der Waals surface area contributed by atoms with Gasteiger partial charge in [-0.25, -0.2) is 0 Å². The number of nitrogens with zero attached hydrogens (tertiary/aromatic N) is 3. The van der Waals surface area contributed by atoms with Crippen molar-refractivity contribution in [2.75, 3.05) is 20.8 Å². The molecular weight excluding hydrogens is 334 g/mol. The lowest BCUT2D eigenvalue weighted by Crippen LogP contribution is -2.33. The van der Waals surface area contributed by atoms with Gasteiger partial charge < -0.3 is 18.9 Å². The molecule has 26 heavy (non-hydrogen) atoms.